The van der Waals surface area contributed by atoms with Crippen LogP contribution in [0.5, 0.6) is 0 Å². The molecule has 0 unspecified atom stereocenters. The summed E-state index contributed by atoms with van der Waals surface area (Å²) in [6.45, 7) is 2.27. The third-order valence-electron chi connectivity index (χ3n) is 4.61. The summed E-state index contributed by atoms with van der Waals surface area (Å²) in [7, 11) is 1.73. The van der Waals surface area contributed by atoms with Crippen molar-refractivity contribution in [2.45, 2.75) is 19.4 Å². The van der Waals surface area contributed by atoms with Crippen molar-refractivity contribution in [2.75, 3.05) is 25.9 Å². The van der Waals surface area contributed by atoms with Gasteiger partial charge in [0.2, 0.25) is 0 Å². The highest BCUT2D eigenvalue weighted by Gasteiger charge is 2.16. The summed E-state index contributed by atoms with van der Waals surface area (Å²) in [5.74, 6) is 0.639. The predicted molar refractivity (Wildman–Crippen MR) is 130 cm³/mol. The molecular weight excluding hydrogens is 510 g/mol. The van der Waals surface area contributed by atoms with Gasteiger partial charge >= 0.3 is 0 Å². The van der Waals surface area contributed by atoms with Crippen LogP contribution in [0.3, 0.4) is 0 Å². The van der Waals surface area contributed by atoms with Gasteiger partial charge in [-0.3, -0.25) is 4.99 Å². The number of nitrogen functional groups attached to an aromatic ring is 1. The lowest BCUT2D eigenvalue weighted by atomic mass is 10.1. The fourth-order valence-electron chi connectivity index (χ4n) is 3.06. The van der Waals surface area contributed by atoms with Gasteiger partial charge in [-0.05, 0) is 49.2 Å². The number of nitriles is 1. The highest BCUT2D eigenvalue weighted by atomic mass is 127. The van der Waals surface area contributed by atoms with Crippen LogP contribution in [0.4, 0.5) is 10.2 Å². The minimum atomic E-state index is -0.341. The molecule has 0 atom stereocenters. The van der Waals surface area contributed by atoms with Gasteiger partial charge in [0.05, 0.1) is 11.4 Å². The Morgan fingerprint density at radius 2 is 1.87 bits per heavy atom. The van der Waals surface area contributed by atoms with Gasteiger partial charge in [-0.15, -0.1) is 24.0 Å². The van der Waals surface area contributed by atoms with Gasteiger partial charge in [-0.2, -0.15) is 10.4 Å². The number of aromatic nitrogens is 3. The molecule has 0 bridgehead atoms. The molecule has 0 saturated carbocycles. The Morgan fingerprint density at radius 3 is 2.52 bits per heavy atom. The first-order valence-electron chi connectivity index (χ1n) is 9.71. The van der Waals surface area contributed by atoms with E-state index in [2.05, 4.69) is 31.4 Å². The van der Waals surface area contributed by atoms with Crippen LogP contribution in [0.2, 0.25) is 0 Å². The van der Waals surface area contributed by atoms with Crippen molar-refractivity contribution in [1.82, 2.24) is 25.0 Å². The molecule has 2 aromatic heterocycles. The number of nitrogens with one attached hydrogen (secondary N) is 2. The molecule has 2 heterocycles. The molecule has 0 amide bonds. The summed E-state index contributed by atoms with van der Waals surface area (Å²) in [4.78, 5) is 4.21. The van der Waals surface area contributed by atoms with E-state index >= 15 is 0 Å². The highest BCUT2D eigenvalue weighted by molar-refractivity contribution is 14.0. The Kier molecular flexibility index (Phi) is 9.33. The van der Waals surface area contributed by atoms with E-state index in [9.17, 15) is 9.65 Å². The number of guanidine groups is 1. The topological polar surface area (TPSA) is 109 Å². The van der Waals surface area contributed by atoms with Crippen molar-refractivity contribution in [1.29, 1.82) is 5.26 Å². The number of aryl methyl sites for hydroxylation is 1. The van der Waals surface area contributed by atoms with Crippen LogP contribution in [-0.4, -0.2) is 40.4 Å². The van der Waals surface area contributed by atoms with E-state index in [1.54, 1.807) is 19.2 Å². The fourth-order valence-corrected chi connectivity index (χ4v) is 3.06. The van der Waals surface area contributed by atoms with Crippen LogP contribution >= 0.6 is 24.0 Å². The van der Waals surface area contributed by atoms with E-state index in [-0.39, 0.29) is 35.6 Å². The molecule has 0 fully saturated rings. The summed E-state index contributed by atoms with van der Waals surface area (Å²) < 4.78 is 16.7. The SMILES string of the molecule is CN=C(NCCCc1nn(-c2ccc(F)cc2)c(N)c1C#N)NCCn1cccc1.I. The van der Waals surface area contributed by atoms with Crippen LogP contribution in [0, 0.1) is 17.1 Å². The Hall–Kier alpha value is -3.07. The number of benzene rings is 1. The molecule has 31 heavy (non-hydrogen) atoms. The molecule has 0 aliphatic heterocycles. The van der Waals surface area contributed by atoms with Crippen molar-refractivity contribution >= 4 is 35.8 Å². The Balaban J connectivity index is 0.00000341. The lowest BCUT2D eigenvalue weighted by molar-refractivity contribution is 0.627. The first-order valence-corrected chi connectivity index (χ1v) is 9.71. The van der Waals surface area contributed by atoms with E-state index in [1.807, 2.05) is 24.5 Å². The Bertz CT molecular complexity index is 1020. The monoisotopic (exact) mass is 536 g/mol. The molecule has 1 aromatic carbocycles. The molecule has 4 N–H and O–H groups in total. The van der Waals surface area contributed by atoms with Crippen LogP contribution in [0.25, 0.3) is 5.69 Å². The van der Waals surface area contributed by atoms with Crippen LogP contribution in [0.15, 0.2) is 53.8 Å². The summed E-state index contributed by atoms with van der Waals surface area (Å²) >= 11 is 0. The van der Waals surface area contributed by atoms with Crippen LogP contribution < -0.4 is 16.4 Å². The van der Waals surface area contributed by atoms with Gasteiger partial charge in [0.25, 0.3) is 0 Å². The second-order valence-electron chi connectivity index (χ2n) is 6.66. The van der Waals surface area contributed by atoms with E-state index in [0.29, 0.717) is 29.9 Å². The summed E-state index contributed by atoms with van der Waals surface area (Å²) in [6, 6.07) is 11.9. The number of halogens is 2. The molecular formula is C21H26FIN8. The molecule has 8 nitrogen and oxygen atoms in total. The molecule has 3 rings (SSSR count). The van der Waals surface area contributed by atoms with E-state index in [0.717, 1.165) is 25.5 Å². The number of hydrogen-bond donors (Lipinski definition) is 3. The molecule has 0 radical (unpaired) electrons. The smallest absolute Gasteiger partial charge is 0.191 e. The number of rotatable bonds is 8. The fraction of sp³-hybridized carbons (Fsp3) is 0.286. The van der Waals surface area contributed by atoms with Gasteiger partial charge < -0.3 is 20.9 Å². The molecule has 3 aromatic rings. The predicted octanol–water partition coefficient (Wildman–Crippen LogP) is 2.68. The maximum absolute atomic E-state index is 13.2. The van der Waals surface area contributed by atoms with Crippen molar-refractivity contribution in [3.63, 3.8) is 0 Å². The molecule has 0 spiro atoms. The van der Waals surface area contributed by atoms with E-state index < -0.39 is 0 Å². The number of hydrogen-bond acceptors (Lipinski definition) is 4. The number of nitrogens with two attached hydrogens (primary N) is 1. The van der Waals surface area contributed by atoms with Crippen molar-refractivity contribution in [2.24, 2.45) is 4.99 Å². The highest BCUT2D eigenvalue weighted by Crippen LogP contribution is 2.21. The van der Waals surface area contributed by atoms with Crippen molar-refractivity contribution < 1.29 is 4.39 Å². The quantitative estimate of drug-likeness (QED) is 0.178. The first-order chi connectivity index (χ1) is 14.6. The number of nitrogens with zero attached hydrogens (tertiary/aromatic N) is 5. The Morgan fingerprint density at radius 1 is 1.19 bits per heavy atom. The molecule has 0 saturated heterocycles. The third-order valence-corrected chi connectivity index (χ3v) is 4.61. The zero-order valence-electron chi connectivity index (χ0n) is 17.3. The van der Waals surface area contributed by atoms with Crippen molar-refractivity contribution in [3.8, 4) is 11.8 Å². The van der Waals surface area contributed by atoms with Gasteiger partial charge in [0, 0.05) is 39.1 Å². The zero-order chi connectivity index (χ0) is 21.3. The average molecular weight is 536 g/mol. The molecule has 0 aliphatic rings. The summed E-state index contributed by atoms with van der Waals surface area (Å²) in [5, 5.41) is 20.5. The average Bonchev–Trinajstić information content (AvgIpc) is 3.38. The van der Waals surface area contributed by atoms with Gasteiger partial charge in [0.1, 0.15) is 23.3 Å². The lowest BCUT2D eigenvalue weighted by Gasteiger charge is -2.12. The molecule has 10 heteroatoms. The van der Waals surface area contributed by atoms with Crippen LogP contribution in [-0.2, 0) is 13.0 Å². The van der Waals surface area contributed by atoms with Crippen molar-refractivity contribution in [3.05, 3.63) is 65.9 Å². The molecule has 0 aliphatic carbocycles. The minimum absolute atomic E-state index is 0. The lowest BCUT2D eigenvalue weighted by Crippen LogP contribution is -2.39. The van der Waals surface area contributed by atoms with Crippen LogP contribution in [0.1, 0.15) is 17.7 Å². The third kappa shape index (κ3) is 6.45. The first kappa shape index (κ1) is 24.2. The minimum Gasteiger partial charge on any atom is -0.382 e. The van der Waals surface area contributed by atoms with E-state index in [4.69, 9.17) is 5.73 Å². The van der Waals surface area contributed by atoms with Gasteiger partial charge in [0.15, 0.2) is 5.96 Å². The second-order valence-corrected chi connectivity index (χ2v) is 6.66. The normalized spacial score (nSPS) is 10.9. The number of aliphatic imine (C=N–C) groups is 1. The maximum atomic E-state index is 13.2. The summed E-state index contributed by atoms with van der Waals surface area (Å²) in [6.07, 6.45) is 5.35. The van der Waals surface area contributed by atoms with Gasteiger partial charge in [-0.25, -0.2) is 9.07 Å². The summed E-state index contributed by atoms with van der Waals surface area (Å²) in [5.41, 5.74) is 7.68. The second kappa shape index (κ2) is 11.9. The van der Waals surface area contributed by atoms with Gasteiger partial charge in [-0.1, -0.05) is 0 Å². The standard InChI is InChI=1S/C21H25FN8.HI/c1-25-21(27-11-14-29-12-2-3-13-29)26-10-4-5-19-18(15-23)20(24)30(28-19)17-8-6-16(22)7-9-17;/h2-3,6-9,12-13H,4-5,10-11,14,24H2,1H3,(H2,25,26,27);1H. The van der Waals surface area contributed by atoms with E-state index in [1.165, 1.54) is 16.8 Å². The molecule has 164 valence electrons. The Labute approximate surface area is 198 Å². The zero-order valence-corrected chi connectivity index (χ0v) is 19.6. The largest absolute Gasteiger partial charge is 0.382 e. The maximum Gasteiger partial charge on any atom is 0.191 e. The number of anilines is 1.